The zero-order valence-electron chi connectivity index (χ0n) is 8.85. The lowest BCUT2D eigenvalue weighted by Gasteiger charge is -2.04. The van der Waals surface area contributed by atoms with Gasteiger partial charge in [-0.25, -0.2) is 9.37 Å². The molecule has 16 heavy (non-hydrogen) atoms. The third-order valence-electron chi connectivity index (χ3n) is 2.08. The van der Waals surface area contributed by atoms with E-state index >= 15 is 0 Å². The molecular weight excluding hydrogens is 207 g/mol. The number of aromatic nitrogens is 2. The van der Waals surface area contributed by atoms with Gasteiger partial charge in [0.05, 0.1) is 18.1 Å². The third kappa shape index (κ3) is 2.53. The third-order valence-corrected chi connectivity index (χ3v) is 2.08. The number of rotatable bonds is 3. The number of benzene rings is 1. The predicted octanol–water partition coefficient (Wildman–Crippen LogP) is 2.97. The lowest BCUT2D eigenvalue weighted by atomic mass is 10.3. The van der Waals surface area contributed by atoms with E-state index in [9.17, 15) is 4.39 Å². The van der Waals surface area contributed by atoms with Crippen LogP contribution >= 0.6 is 0 Å². The molecule has 0 atom stereocenters. The molecule has 0 unspecified atom stereocenters. The molecule has 82 valence electrons. The zero-order chi connectivity index (χ0) is 11.4. The largest absolute Gasteiger partial charge is 0.438 e. The molecule has 2 rings (SSSR count). The van der Waals surface area contributed by atoms with Gasteiger partial charge in [-0.2, -0.15) is 0 Å². The van der Waals surface area contributed by atoms with E-state index in [1.165, 1.54) is 12.1 Å². The lowest BCUT2D eigenvalue weighted by molar-refractivity contribution is 0.457. The van der Waals surface area contributed by atoms with Gasteiger partial charge in [0.15, 0.2) is 0 Å². The molecule has 0 aliphatic carbocycles. The van der Waals surface area contributed by atoms with Crippen LogP contribution in [-0.4, -0.2) is 9.97 Å². The van der Waals surface area contributed by atoms with Crippen molar-refractivity contribution in [2.24, 2.45) is 0 Å². The molecule has 3 nitrogen and oxygen atoms in total. The van der Waals surface area contributed by atoms with Crippen molar-refractivity contribution < 1.29 is 9.13 Å². The summed E-state index contributed by atoms with van der Waals surface area (Å²) in [6.07, 6.45) is 4.06. The number of ether oxygens (including phenoxy) is 1. The van der Waals surface area contributed by atoms with Gasteiger partial charge in [-0.05, 0) is 30.7 Å². The first-order valence-electron chi connectivity index (χ1n) is 5.02. The van der Waals surface area contributed by atoms with E-state index in [-0.39, 0.29) is 5.82 Å². The van der Waals surface area contributed by atoms with Crippen LogP contribution in [0.4, 0.5) is 4.39 Å². The van der Waals surface area contributed by atoms with Crippen molar-refractivity contribution in [1.82, 2.24) is 9.97 Å². The average Bonchev–Trinajstić information content (AvgIpc) is 2.33. The van der Waals surface area contributed by atoms with E-state index in [4.69, 9.17) is 4.74 Å². The monoisotopic (exact) mass is 218 g/mol. The summed E-state index contributed by atoms with van der Waals surface area (Å²) in [6.45, 7) is 2.00. The van der Waals surface area contributed by atoms with Gasteiger partial charge in [-0.15, -0.1) is 0 Å². The Kier molecular flexibility index (Phi) is 3.10. The van der Waals surface area contributed by atoms with Crippen molar-refractivity contribution in [3.63, 3.8) is 0 Å². The van der Waals surface area contributed by atoms with Crippen LogP contribution in [0.15, 0.2) is 36.7 Å². The molecule has 0 radical (unpaired) electrons. The highest BCUT2D eigenvalue weighted by atomic mass is 19.1. The van der Waals surface area contributed by atoms with Crippen LogP contribution < -0.4 is 4.74 Å². The summed E-state index contributed by atoms with van der Waals surface area (Å²) in [5, 5.41) is 0. The van der Waals surface area contributed by atoms with Crippen molar-refractivity contribution in [3.8, 4) is 11.6 Å². The first kappa shape index (κ1) is 10.5. The van der Waals surface area contributed by atoms with Crippen molar-refractivity contribution in [2.45, 2.75) is 13.3 Å². The summed E-state index contributed by atoms with van der Waals surface area (Å²) >= 11 is 0. The maximum absolute atomic E-state index is 12.6. The van der Waals surface area contributed by atoms with E-state index in [0.29, 0.717) is 11.6 Å². The van der Waals surface area contributed by atoms with Crippen molar-refractivity contribution >= 4 is 0 Å². The smallest absolute Gasteiger partial charge is 0.237 e. The van der Waals surface area contributed by atoms with Crippen molar-refractivity contribution in [1.29, 1.82) is 0 Å². The molecule has 0 fully saturated rings. The Morgan fingerprint density at radius 3 is 2.44 bits per heavy atom. The Labute approximate surface area is 92.9 Å². The fourth-order valence-corrected chi connectivity index (χ4v) is 1.20. The number of hydrogen-bond donors (Lipinski definition) is 0. The molecule has 1 aromatic heterocycles. The van der Waals surface area contributed by atoms with Gasteiger partial charge in [-0.1, -0.05) is 6.92 Å². The molecule has 4 heteroatoms. The van der Waals surface area contributed by atoms with Gasteiger partial charge in [0.25, 0.3) is 0 Å². The molecule has 0 bridgehead atoms. The lowest BCUT2D eigenvalue weighted by Crippen LogP contribution is -1.92. The maximum Gasteiger partial charge on any atom is 0.237 e. The topological polar surface area (TPSA) is 35.0 Å². The minimum atomic E-state index is -0.292. The van der Waals surface area contributed by atoms with Crippen LogP contribution in [0.5, 0.6) is 11.6 Å². The quantitative estimate of drug-likeness (QED) is 0.794. The molecule has 0 aliphatic rings. The van der Waals surface area contributed by atoms with Crippen LogP contribution in [0, 0.1) is 5.82 Å². The highest BCUT2D eigenvalue weighted by Gasteiger charge is 1.99. The first-order chi connectivity index (χ1) is 7.78. The molecule has 0 N–H and O–H groups in total. The summed E-state index contributed by atoms with van der Waals surface area (Å²) in [6, 6.07) is 5.77. The SMILES string of the molecule is CCc1cnc(Oc2ccc(F)cc2)cn1. The number of aryl methyl sites for hydroxylation is 1. The van der Waals surface area contributed by atoms with E-state index in [2.05, 4.69) is 9.97 Å². The fourth-order valence-electron chi connectivity index (χ4n) is 1.20. The Bertz CT molecular complexity index is 453. The van der Waals surface area contributed by atoms with Gasteiger partial charge in [0.1, 0.15) is 11.6 Å². The normalized spacial score (nSPS) is 10.1. The second-order valence-corrected chi connectivity index (χ2v) is 3.26. The standard InChI is InChI=1S/C12H11FN2O/c1-2-10-7-15-12(8-14-10)16-11-5-3-9(13)4-6-11/h3-8H,2H2,1H3. The van der Waals surface area contributed by atoms with Crippen LogP contribution in [0.25, 0.3) is 0 Å². The molecule has 0 saturated carbocycles. The van der Waals surface area contributed by atoms with Crippen LogP contribution in [0.2, 0.25) is 0 Å². The molecule has 1 aromatic carbocycles. The van der Waals surface area contributed by atoms with Gasteiger partial charge < -0.3 is 4.74 Å². The highest BCUT2D eigenvalue weighted by molar-refractivity contribution is 5.26. The Morgan fingerprint density at radius 1 is 1.12 bits per heavy atom. The van der Waals surface area contributed by atoms with Gasteiger partial charge in [-0.3, -0.25) is 4.98 Å². The zero-order valence-corrected chi connectivity index (χ0v) is 8.85. The number of nitrogens with zero attached hydrogens (tertiary/aromatic N) is 2. The Hall–Kier alpha value is -1.97. The van der Waals surface area contributed by atoms with E-state index < -0.39 is 0 Å². The molecule has 2 aromatic rings. The van der Waals surface area contributed by atoms with Crippen molar-refractivity contribution in [3.05, 3.63) is 48.2 Å². The molecule has 0 saturated heterocycles. The molecule has 0 amide bonds. The average molecular weight is 218 g/mol. The van der Waals surface area contributed by atoms with Crippen LogP contribution in [0.1, 0.15) is 12.6 Å². The summed E-state index contributed by atoms with van der Waals surface area (Å²) in [4.78, 5) is 8.24. The summed E-state index contributed by atoms with van der Waals surface area (Å²) in [5.74, 6) is 0.656. The van der Waals surface area contributed by atoms with Gasteiger partial charge in [0.2, 0.25) is 5.88 Å². The minimum absolute atomic E-state index is 0.292. The van der Waals surface area contributed by atoms with Gasteiger partial charge >= 0.3 is 0 Å². The molecule has 0 spiro atoms. The number of hydrogen-bond acceptors (Lipinski definition) is 3. The predicted molar refractivity (Wildman–Crippen MR) is 57.9 cm³/mol. The Balaban J connectivity index is 2.11. The second-order valence-electron chi connectivity index (χ2n) is 3.26. The number of halogens is 1. The van der Waals surface area contributed by atoms with Crippen LogP contribution in [0.3, 0.4) is 0 Å². The fraction of sp³-hybridized carbons (Fsp3) is 0.167. The van der Waals surface area contributed by atoms with Crippen molar-refractivity contribution in [2.75, 3.05) is 0 Å². The summed E-state index contributed by atoms with van der Waals surface area (Å²) < 4.78 is 18.0. The molecule has 0 aliphatic heterocycles. The summed E-state index contributed by atoms with van der Waals surface area (Å²) in [5.41, 5.74) is 0.909. The van der Waals surface area contributed by atoms with Crippen LogP contribution in [-0.2, 0) is 6.42 Å². The van der Waals surface area contributed by atoms with E-state index in [1.807, 2.05) is 6.92 Å². The first-order valence-corrected chi connectivity index (χ1v) is 5.02. The highest BCUT2D eigenvalue weighted by Crippen LogP contribution is 2.18. The van der Waals surface area contributed by atoms with E-state index in [0.717, 1.165) is 12.1 Å². The van der Waals surface area contributed by atoms with E-state index in [1.54, 1.807) is 24.5 Å². The Morgan fingerprint density at radius 2 is 1.88 bits per heavy atom. The minimum Gasteiger partial charge on any atom is -0.438 e. The van der Waals surface area contributed by atoms with Gasteiger partial charge in [0, 0.05) is 0 Å². The second kappa shape index (κ2) is 4.70. The molecule has 1 heterocycles. The maximum atomic E-state index is 12.6. The summed E-state index contributed by atoms with van der Waals surface area (Å²) in [7, 11) is 0. The molecular formula is C12H11FN2O.